The Bertz CT molecular complexity index is 757. The SMILES string of the molecule is COc1ccc(-c2ccc(C=O)c(=O)n2C2CC2)cc1C. The summed E-state index contributed by atoms with van der Waals surface area (Å²) in [6, 6.07) is 9.52. The zero-order valence-electron chi connectivity index (χ0n) is 12.1. The lowest BCUT2D eigenvalue weighted by Crippen LogP contribution is -2.24. The Morgan fingerprint density at radius 3 is 2.57 bits per heavy atom. The third-order valence-corrected chi connectivity index (χ3v) is 3.88. The van der Waals surface area contributed by atoms with E-state index in [0.29, 0.717) is 6.29 Å². The monoisotopic (exact) mass is 283 g/mol. The van der Waals surface area contributed by atoms with Crippen LogP contribution in [0, 0.1) is 6.92 Å². The highest BCUT2D eigenvalue weighted by atomic mass is 16.5. The molecule has 0 radical (unpaired) electrons. The molecule has 0 spiro atoms. The lowest BCUT2D eigenvalue weighted by molar-refractivity contribution is 0.112. The van der Waals surface area contributed by atoms with Gasteiger partial charge in [0.1, 0.15) is 5.75 Å². The Hall–Kier alpha value is -2.36. The molecule has 1 aliphatic rings. The zero-order valence-corrected chi connectivity index (χ0v) is 12.1. The predicted molar refractivity (Wildman–Crippen MR) is 81.1 cm³/mol. The maximum absolute atomic E-state index is 12.4. The molecule has 0 saturated heterocycles. The first-order valence-electron chi connectivity index (χ1n) is 7.01. The van der Waals surface area contributed by atoms with Crippen LogP contribution in [-0.2, 0) is 0 Å². The fourth-order valence-corrected chi connectivity index (χ4v) is 2.63. The van der Waals surface area contributed by atoms with Crippen LogP contribution in [0.3, 0.4) is 0 Å². The number of nitrogens with zero attached hydrogens (tertiary/aromatic N) is 1. The molecule has 1 aromatic carbocycles. The Balaban J connectivity index is 2.18. The number of methoxy groups -OCH3 is 1. The van der Waals surface area contributed by atoms with Crippen molar-refractivity contribution in [2.45, 2.75) is 25.8 Å². The van der Waals surface area contributed by atoms with Gasteiger partial charge in [0.2, 0.25) is 0 Å². The van der Waals surface area contributed by atoms with Gasteiger partial charge in [-0.05, 0) is 61.2 Å². The minimum absolute atomic E-state index is 0.196. The van der Waals surface area contributed by atoms with Crippen LogP contribution in [0.2, 0.25) is 0 Å². The van der Waals surface area contributed by atoms with Crippen molar-refractivity contribution in [3.63, 3.8) is 0 Å². The molecule has 0 unspecified atom stereocenters. The lowest BCUT2D eigenvalue weighted by atomic mass is 10.1. The van der Waals surface area contributed by atoms with Gasteiger partial charge in [-0.2, -0.15) is 0 Å². The maximum Gasteiger partial charge on any atom is 0.261 e. The smallest absolute Gasteiger partial charge is 0.261 e. The van der Waals surface area contributed by atoms with Gasteiger partial charge >= 0.3 is 0 Å². The van der Waals surface area contributed by atoms with Crippen molar-refractivity contribution in [3.05, 3.63) is 51.8 Å². The van der Waals surface area contributed by atoms with Crippen molar-refractivity contribution in [3.8, 4) is 17.0 Å². The van der Waals surface area contributed by atoms with E-state index < -0.39 is 0 Å². The number of aromatic nitrogens is 1. The van der Waals surface area contributed by atoms with E-state index in [0.717, 1.165) is 35.4 Å². The molecular weight excluding hydrogens is 266 g/mol. The van der Waals surface area contributed by atoms with Crippen LogP contribution in [0.15, 0.2) is 35.1 Å². The number of hydrogen-bond donors (Lipinski definition) is 0. The summed E-state index contributed by atoms with van der Waals surface area (Å²) in [7, 11) is 1.64. The number of hydrogen-bond acceptors (Lipinski definition) is 3. The fraction of sp³-hybridized carbons (Fsp3) is 0.294. The molecule has 1 saturated carbocycles. The number of rotatable bonds is 4. The van der Waals surface area contributed by atoms with Crippen molar-refractivity contribution in [1.29, 1.82) is 0 Å². The van der Waals surface area contributed by atoms with E-state index in [1.54, 1.807) is 17.7 Å². The van der Waals surface area contributed by atoms with E-state index in [4.69, 9.17) is 4.74 Å². The lowest BCUT2D eigenvalue weighted by Gasteiger charge is -2.14. The molecule has 108 valence electrons. The first-order chi connectivity index (χ1) is 10.2. The second-order valence-corrected chi connectivity index (χ2v) is 5.38. The summed E-state index contributed by atoms with van der Waals surface area (Å²) in [6.45, 7) is 1.97. The van der Waals surface area contributed by atoms with Crippen LogP contribution in [-0.4, -0.2) is 18.0 Å². The fourth-order valence-electron chi connectivity index (χ4n) is 2.63. The molecule has 0 atom stereocenters. The number of pyridine rings is 1. The third kappa shape index (κ3) is 2.37. The van der Waals surface area contributed by atoms with Crippen LogP contribution in [0.1, 0.15) is 34.8 Å². The minimum atomic E-state index is -0.196. The number of carbonyl (C=O) groups is 1. The van der Waals surface area contributed by atoms with Crippen LogP contribution >= 0.6 is 0 Å². The molecule has 0 aliphatic heterocycles. The summed E-state index contributed by atoms with van der Waals surface area (Å²) >= 11 is 0. The molecule has 0 bridgehead atoms. The summed E-state index contributed by atoms with van der Waals surface area (Å²) in [5, 5.41) is 0. The molecule has 1 fully saturated rings. The number of benzene rings is 1. The molecule has 0 N–H and O–H groups in total. The Morgan fingerprint density at radius 1 is 1.24 bits per heavy atom. The maximum atomic E-state index is 12.4. The molecule has 21 heavy (non-hydrogen) atoms. The first-order valence-corrected chi connectivity index (χ1v) is 7.01. The summed E-state index contributed by atoms with van der Waals surface area (Å²) in [4.78, 5) is 23.4. The highest BCUT2D eigenvalue weighted by molar-refractivity contribution is 5.75. The molecule has 4 heteroatoms. The average molecular weight is 283 g/mol. The first kappa shape index (κ1) is 13.6. The van der Waals surface area contributed by atoms with Crippen molar-refractivity contribution >= 4 is 6.29 Å². The van der Waals surface area contributed by atoms with E-state index in [9.17, 15) is 9.59 Å². The Morgan fingerprint density at radius 2 is 2.00 bits per heavy atom. The van der Waals surface area contributed by atoms with Gasteiger partial charge in [-0.1, -0.05) is 0 Å². The summed E-state index contributed by atoms with van der Waals surface area (Å²) in [5.41, 5.74) is 2.87. The van der Waals surface area contributed by atoms with Gasteiger partial charge in [0.05, 0.1) is 18.4 Å². The van der Waals surface area contributed by atoms with Gasteiger partial charge < -0.3 is 9.30 Å². The van der Waals surface area contributed by atoms with Gasteiger partial charge in [0.15, 0.2) is 6.29 Å². The Kier molecular flexibility index (Phi) is 3.37. The van der Waals surface area contributed by atoms with E-state index >= 15 is 0 Å². The van der Waals surface area contributed by atoms with Crippen molar-refractivity contribution < 1.29 is 9.53 Å². The van der Waals surface area contributed by atoms with Gasteiger partial charge in [-0.3, -0.25) is 9.59 Å². The molecule has 1 aromatic heterocycles. The van der Waals surface area contributed by atoms with E-state index in [2.05, 4.69) is 0 Å². The summed E-state index contributed by atoms with van der Waals surface area (Å²) in [6.07, 6.45) is 2.61. The highest BCUT2D eigenvalue weighted by Gasteiger charge is 2.28. The van der Waals surface area contributed by atoms with Crippen LogP contribution in [0.4, 0.5) is 0 Å². The Labute approximate surface area is 123 Å². The molecule has 2 aromatic rings. The largest absolute Gasteiger partial charge is 0.496 e. The molecule has 0 amide bonds. The quantitative estimate of drug-likeness (QED) is 0.810. The van der Waals surface area contributed by atoms with E-state index in [1.165, 1.54) is 0 Å². The molecule has 3 rings (SSSR count). The van der Waals surface area contributed by atoms with Gasteiger partial charge in [-0.15, -0.1) is 0 Å². The van der Waals surface area contributed by atoms with Crippen molar-refractivity contribution in [1.82, 2.24) is 4.57 Å². The molecular formula is C17H17NO3. The minimum Gasteiger partial charge on any atom is -0.496 e. The van der Waals surface area contributed by atoms with E-state index in [1.807, 2.05) is 31.2 Å². The average Bonchev–Trinajstić information content (AvgIpc) is 3.31. The van der Waals surface area contributed by atoms with Gasteiger partial charge in [-0.25, -0.2) is 0 Å². The van der Waals surface area contributed by atoms with Gasteiger partial charge in [0, 0.05) is 6.04 Å². The topological polar surface area (TPSA) is 48.3 Å². The third-order valence-electron chi connectivity index (χ3n) is 3.88. The predicted octanol–water partition coefficient (Wildman–Crippen LogP) is 2.98. The number of ether oxygens (including phenoxy) is 1. The summed E-state index contributed by atoms with van der Waals surface area (Å²) in [5.74, 6) is 0.823. The second kappa shape index (κ2) is 5.20. The number of aldehydes is 1. The molecule has 1 heterocycles. The second-order valence-electron chi connectivity index (χ2n) is 5.38. The number of carbonyl (C=O) groups excluding carboxylic acids is 1. The van der Waals surface area contributed by atoms with Crippen LogP contribution in [0.25, 0.3) is 11.3 Å². The molecule has 4 nitrogen and oxygen atoms in total. The van der Waals surface area contributed by atoms with Crippen LogP contribution in [0.5, 0.6) is 5.75 Å². The van der Waals surface area contributed by atoms with Crippen molar-refractivity contribution in [2.24, 2.45) is 0 Å². The number of aryl methyl sites for hydroxylation is 1. The standard InChI is InChI=1S/C17H17NO3/c1-11-9-12(4-8-16(11)21-2)15-7-3-13(10-19)17(20)18(15)14-5-6-14/h3-4,7-10,14H,5-6H2,1-2H3. The van der Waals surface area contributed by atoms with E-state index in [-0.39, 0.29) is 17.2 Å². The van der Waals surface area contributed by atoms with Gasteiger partial charge in [0.25, 0.3) is 5.56 Å². The summed E-state index contributed by atoms with van der Waals surface area (Å²) < 4.78 is 7.03. The zero-order chi connectivity index (χ0) is 15.0. The van der Waals surface area contributed by atoms with Crippen molar-refractivity contribution in [2.75, 3.05) is 7.11 Å². The molecule has 1 aliphatic carbocycles. The highest BCUT2D eigenvalue weighted by Crippen LogP contribution is 2.37. The normalized spacial score (nSPS) is 14.0. The van der Waals surface area contributed by atoms with Crippen LogP contribution < -0.4 is 10.3 Å².